The molecule has 0 aromatic heterocycles. The Kier molecular flexibility index (Phi) is 3.44. The first-order chi connectivity index (χ1) is 3.56. The molecule has 50 valence electrons. The summed E-state index contributed by atoms with van der Waals surface area (Å²) in [5, 5.41) is 0. The molecule has 0 aliphatic heterocycles. The van der Waals surface area contributed by atoms with Crippen LogP contribution in [0.15, 0.2) is 0 Å². The van der Waals surface area contributed by atoms with Crippen LogP contribution in [0.3, 0.4) is 0 Å². The first kappa shape index (κ1) is 8.27. The average Bonchev–Trinajstić information content (AvgIpc) is 1.59. The Bertz CT molecular complexity index is 59.9. The Morgan fingerprint density at radius 3 is 2.12 bits per heavy atom. The first-order valence-electron chi connectivity index (χ1n) is 2.59. The lowest BCUT2D eigenvalue weighted by Gasteiger charge is -2.16. The van der Waals surface area contributed by atoms with E-state index in [2.05, 4.69) is 25.5 Å². The van der Waals surface area contributed by atoms with Crippen molar-refractivity contribution in [2.24, 2.45) is 5.41 Å². The van der Waals surface area contributed by atoms with E-state index in [0.29, 0.717) is 12.2 Å². The van der Waals surface area contributed by atoms with Crippen LogP contribution in [-0.4, -0.2) is 11.1 Å². The van der Waals surface area contributed by atoms with Crippen molar-refractivity contribution in [1.82, 2.24) is 4.72 Å². The van der Waals surface area contributed by atoms with Gasteiger partial charge in [-0.1, -0.05) is 20.8 Å². The second kappa shape index (κ2) is 3.33. The minimum Gasteiger partial charge on any atom is -0.317 e. The third-order valence-electron chi connectivity index (χ3n) is 0.667. The predicted molar refractivity (Wildman–Crippen MR) is 37.7 cm³/mol. The van der Waals surface area contributed by atoms with Gasteiger partial charge in [0.2, 0.25) is 0 Å². The monoisotopic (exact) mass is 135 g/mol. The van der Waals surface area contributed by atoms with Crippen LogP contribution in [-0.2, 0) is 0 Å². The molecule has 2 N–H and O–H groups in total. The third kappa shape index (κ3) is 6.27. The molecule has 0 radical (unpaired) electrons. The fourth-order valence-corrected chi connectivity index (χ4v) is 0.746. The van der Waals surface area contributed by atoms with Crippen molar-refractivity contribution in [3.63, 3.8) is 0 Å². The van der Waals surface area contributed by atoms with E-state index in [1.165, 1.54) is 0 Å². The molecule has 0 rings (SSSR count). The van der Waals surface area contributed by atoms with E-state index < -0.39 is 0 Å². The van der Waals surface area contributed by atoms with Crippen LogP contribution in [0.4, 0.5) is 0 Å². The highest BCUT2D eigenvalue weighted by Gasteiger charge is 2.07. The second-order valence-electron chi connectivity index (χ2n) is 2.97. The van der Waals surface area contributed by atoms with Gasteiger partial charge in [0.1, 0.15) is 0 Å². The van der Waals surface area contributed by atoms with Gasteiger partial charge in [0, 0.05) is 6.54 Å². The molecule has 0 unspecified atom stereocenters. The Morgan fingerprint density at radius 2 is 2.00 bits per heavy atom. The normalized spacial score (nSPS) is 12.0. The van der Waals surface area contributed by atoms with Gasteiger partial charge in [-0.3, -0.25) is 0 Å². The number of nitrogens with one attached hydrogen (secondary N) is 1. The zero-order chi connectivity index (χ0) is 6.62. The Morgan fingerprint density at radius 1 is 1.50 bits per heavy atom. The summed E-state index contributed by atoms with van der Waals surface area (Å²) in [4.78, 5) is 0. The van der Waals surface area contributed by atoms with Gasteiger partial charge in [0.25, 0.3) is 0 Å². The maximum Gasteiger partial charge on any atom is 0.0760 e. The number of hydrogen-bond donors (Lipinski definition) is 2. The lowest BCUT2D eigenvalue weighted by molar-refractivity contribution is 0.412. The second-order valence-corrected chi connectivity index (χ2v) is 3.44. The van der Waals surface area contributed by atoms with E-state index in [4.69, 9.17) is 4.55 Å². The summed E-state index contributed by atoms with van der Waals surface area (Å²) >= 11 is 0.678. The SMILES string of the molecule is CC(C)(C)CNSO. The summed E-state index contributed by atoms with van der Waals surface area (Å²) in [7, 11) is 0. The van der Waals surface area contributed by atoms with Gasteiger partial charge in [-0.25, -0.2) is 4.72 Å². The van der Waals surface area contributed by atoms with Crippen LogP contribution < -0.4 is 4.72 Å². The zero-order valence-electron chi connectivity index (χ0n) is 5.56. The molecule has 0 heterocycles. The molecular weight excluding hydrogens is 122 g/mol. The van der Waals surface area contributed by atoms with Gasteiger partial charge in [-0.15, -0.1) is 0 Å². The Labute approximate surface area is 55.0 Å². The largest absolute Gasteiger partial charge is 0.317 e. The van der Waals surface area contributed by atoms with Crippen LogP contribution in [0.2, 0.25) is 0 Å². The summed E-state index contributed by atoms with van der Waals surface area (Å²) < 4.78 is 11.0. The van der Waals surface area contributed by atoms with Crippen molar-refractivity contribution in [3.8, 4) is 0 Å². The van der Waals surface area contributed by atoms with Crippen LogP contribution >= 0.6 is 12.2 Å². The average molecular weight is 135 g/mol. The van der Waals surface area contributed by atoms with E-state index in [0.717, 1.165) is 6.54 Å². The quantitative estimate of drug-likeness (QED) is 0.447. The highest BCUT2D eigenvalue weighted by atomic mass is 32.2. The molecule has 0 saturated carbocycles. The first-order valence-corrected chi connectivity index (χ1v) is 3.37. The lowest BCUT2D eigenvalue weighted by atomic mass is 9.98. The Balaban J connectivity index is 3.11. The summed E-state index contributed by atoms with van der Waals surface area (Å²) in [6, 6.07) is 0. The lowest BCUT2D eigenvalue weighted by Crippen LogP contribution is -2.21. The smallest absolute Gasteiger partial charge is 0.0760 e. The summed E-state index contributed by atoms with van der Waals surface area (Å²) in [6.45, 7) is 7.15. The fourth-order valence-electron chi connectivity index (χ4n) is 0.249. The maximum atomic E-state index is 8.24. The molecule has 0 atom stereocenters. The molecule has 3 heteroatoms. The molecule has 0 saturated heterocycles. The molecule has 0 aromatic rings. The zero-order valence-corrected chi connectivity index (χ0v) is 6.38. The summed E-state index contributed by atoms with van der Waals surface area (Å²) in [5.74, 6) is 0. The minimum absolute atomic E-state index is 0.260. The minimum atomic E-state index is 0.260. The van der Waals surface area contributed by atoms with Crippen molar-refractivity contribution in [2.75, 3.05) is 6.54 Å². The van der Waals surface area contributed by atoms with Crippen LogP contribution in [0.5, 0.6) is 0 Å². The molecule has 0 aromatic carbocycles. The molecule has 0 spiro atoms. The van der Waals surface area contributed by atoms with E-state index in [1.54, 1.807) is 0 Å². The van der Waals surface area contributed by atoms with Gasteiger partial charge < -0.3 is 4.55 Å². The van der Waals surface area contributed by atoms with Gasteiger partial charge in [0.15, 0.2) is 0 Å². The highest BCUT2D eigenvalue weighted by Crippen LogP contribution is 2.10. The van der Waals surface area contributed by atoms with Gasteiger partial charge in [0.05, 0.1) is 12.2 Å². The van der Waals surface area contributed by atoms with E-state index in [-0.39, 0.29) is 5.41 Å². The van der Waals surface area contributed by atoms with Crippen molar-refractivity contribution in [3.05, 3.63) is 0 Å². The van der Waals surface area contributed by atoms with Crippen LogP contribution in [0, 0.1) is 5.41 Å². The molecule has 0 aliphatic carbocycles. The maximum absolute atomic E-state index is 8.24. The summed E-state index contributed by atoms with van der Waals surface area (Å²) in [5.41, 5.74) is 0.260. The molecule has 0 bridgehead atoms. The van der Waals surface area contributed by atoms with Crippen molar-refractivity contribution in [2.45, 2.75) is 20.8 Å². The fraction of sp³-hybridized carbons (Fsp3) is 1.00. The number of hydrogen-bond acceptors (Lipinski definition) is 3. The standard InChI is InChI=1S/C5H13NOS/c1-5(2,3)4-6-8-7/h6-7H,4H2,1-3H3. The van der Waals surface area contributed by atoms with Crippen molar-refractivity contribution < 1.29 is 4.55 Å². The van der Waals surface area contributed by atoms with Crippen LogP contribution in [0.1, 0.15) is 20.8 Å². The third-order valence-corrected chi connectivity index (χ3v) is 0.940. The van der Waals surface area contributed by atoms with Gasteiger partial charge in [-0.2, -0.15) is 0 Å². The molecule has 2 nitrogen and oxygen atoms in total. The molecule has 8 heavy (non-hydrogen) atoms. The van der Waals surface area contributed by atoms with Gasteiger partial charge >= 0.3 is 0 Å². The number of rotatable bonds is 2. The topological polar surface area (TPSA) is 32.3 Å². The summed E-state index contributed by atoms with van der Waals surface area (Å²) in [6.07, 6.45) is 0. The highest BCUT2D eigenvalue weighted by molar-refractivity contribution is 7.91. The van der Waals surface area contributed by atoms with Gasteiger partial charge in [-0.05, 0) is 5.41 Å². The Hall–Kier alpha value is 0.270. The molecule has 0 aliphatic rings. The predicted octanol–water partition coefficient (Wildman–Crippen LogP) is 1.74. The van der Waals surface area contributed by atoms with E-state index in [9.17, 15) is 0 Å². The van der Waals surface area contributed by atoms with E-state index >= 15 is 0 Å². The van der Waals surface area contributed by atoms with Crippen molar-refractivity contribution >= 4 is 12.2 Å². The van der Waals surface area contributed by atoms with E-state index in [1.807, 2.05) is 0 Å². The van der Waals surface area contributed by atoms with Crippen molar-refractivity contribution in [1.29, 1.82) is 0 Å². The van der Waals surface area contributed by atoms with Crippen LogP contribution in [0.25, 0.3) is 0 Å². The molecule has 0 amide bonds. The molecule has 0 fully saturated rings. The molecular formula is C5H13NOS.